The number of hydrogen-bond donors (Lipinski definition) is 2. The van der Waals surface area contributed by atoms with Crippen molar-refractivity contribution < 1.29 is 31.5 Å². The first-order valence-electron chi connectivity index (χ1n) is 11.5. The van der Waals surface area contributed by atoms with Crippen molar-refractivity contribution in [2.75, 3.05) is 37.7 Å². The van der Waals surface area contributed by atoms with E-state index in [0.717, 1.165) is 6.26 Å². The molecule has 2 N–H and O–H groups in total. The van der Waals surface area contributed by atoms with Crippen LogP contribution in [0.5, 0.6) is 5.75 Å². The quantitative estimate of drug-likeness (QED) is 0.520. The van der Waals surface area contributed by atoms with Gasteiger partial charge in [-0.25, -0.2) is 16.8 Å². The number of likely N-dealkylation sites (N-methyl/N-ethyl adjacent to an activating group) is 1. The molecule has 2 aromatic rings. The van der Waals surface area contributed by atoms with Crippen LogP contribution in [0.2, 0.25) is 0 Å². The topological polar surface area (TPSA) is 133 Å². The van der Waals surface area contributed by atoms with Gasteiger partial charge in [0.1, 0.15) is 11.9 Å². The normalized spacial score (nSPS) is 20.1. The van der Waals surface area contributed by atoms with Gasteiger partial charge in [-0.1, -0.05) is 25.1 Å². The van der Waals surface area contributed by atoms with Crippen molar-refractivity contribution in [3.8, 4) is 5.75 Å². The SMILES string of the molecule is C[C@@H]1CN([C@H](C)CO)C(=O)Cc2cc(NS(C)(=O)=O)ccc2O[C@@H]1CN(C)S(=O)(=O)c1ccccc1. The third-order valence-electron chi connectivity index (χ3n) is 6.11. The summed E-state index contributed by atoms with van der Waals surface area (Å²) >= 11 is 0. The second-order valence-corrected chi connectivity index (χ2v) is 13.0. The van der Waals surface area contributed by atoms with Crippen LogP contribution in [0.1, 0.15) is 19.4 Å². The summed E-state index contributed by atoms with van der Waals surface area (Å²) in [4.78, 5) is 14.9. The molecule has 36 heavy (non-hydrogen) atoms. The fourth-order valence-corrected chi connectivity index (χ4v) is 5.81. The first kappa shape index (κ1) is 27.9. The van der Waals surface area contributed by atoms with Gasteiger partial charge in [-0.3, -0.25) is 9.52 Å². The first-order chi connectivity index (χ1) is 16.8. The second-order valence-electron chi connectivity index (χ2n) is 9.18. The molecule has 0 fully saturated rings. The van der Waals surface area contributed by atoms with E-state index in [-0.39, 0.29) is 48.5 Å². The van der Waals surface area contributed by atoms with E-state index in [9.17, 15) is 26.7 Å². The van der Waals surface area contributed by atoms with Gasteiger partial charge in [0.25, 0.3) is 0 Å². The van der Waals surface area contributed by atoms with Crippen molar-refractivity contribution in [2.24, 2.45) is 5.92 Å². The third kappa shape index (κ3) is 6.75. The van der Waals surface area contributed by atoms with Gasteiger partial charge in [-0.2, -0.15) is 4.31 Å². The van der Waals surface area contributed by atoms with Crippen LogP contribution in [0, 0.1) is 5.92 Å². The standard InChI is InChI=1S/C24H33N3O7S2/c1-17-14-27(18(2)16-28)24(29)13-19-12-20(25-35(4,30)31)10-11-22(19)34-23(17)15-26(3)36(32,33)21-8-6-5-7-9-21/h5-12,17-18,23,25,28H,13-16H2,1-4H3/t17-,18-,23-/m1/s1. The Balaban J connectivity index is 1.99. The van der Waals surface area contributed by atoms with E-state index in [0.29, 0.717) is 11.3 Å². The molecule has 10 nitrogen and oxygen atoms in total. The van der Waals surface area contributed by atoms with E-state index in [2.05, 4.69) is 4.72 Å². The molecule has 0 saturated heterocycles. The summed E-state index contributed by atoms with van der Waals surface area (Å²) in [5.74, 6) is -0.185. The van der Waals surface area contributed by atoms with Crippen molar-refractivity contribution in [1.82, 2.24) is 9.21 Å². The number of fused-ring (bicyclic) bond motifs is 1. The highest BCUT2D eigenvalue weighted by atomic mass is 32.2. The zero-order chi connectivity index (χ0) is 26.7. The van der Waals surface area contributed by atoms with Crippen LogP contribution in [-0.4, -0.2) is 82.2 Å². The van der Waals surface area contributed by atoms with Crippen LogP contribution in [0.4, 0.5) is 5.69 Å². The number of carbonyl (C=O) groups is 1. The number of nitrogens with one attached hydrogen (secondary N) is 1. The number of aliphatic hydroxyl groups excluding tert-OH is 1. The summed E-state index contributed by atoms with van der Waals surface area (Å²) in [6.07, 6.45) is 0.318. The van der Waals surface area contributed by atoms with Gasteiger partial charge in [-0.05, 0) is 37.3 Å². The van der Waals surface area contributed by atoms with Gasteiger partial charge in [0, 0.05) is 30.8 Å². The summed E-state index contributed by atoms with van der Waals surface area (Å²) in [5, 5.41) is 9.75. The highest BCUT2D eigenvalue weighted by molar-refractivity contribution is 7.92. The number of aliphatic hydroxyl groups is 1. The molecule has 0 aliphatic carbocycles. The number of hydrogen-bond acceptors (Lipinski definition) is 7. The van der Waals surface area contributed by atoms with Crippen molar-refractivity contribution in [3.63, 3.8) is 0 Å². The van der Waals surface area contributed by atoms with Crippen molar-refractivity contribution in [3.05, 3.63) is 54.1 Å². The van der Waals surface area contributed by atoms with Gasteiger partial charge in [0.05, 0.1) is 36.8 Å². The van der Waals surface area contributed by atoms with Crippen LogP contribution in [-0.2, 0) is 31.3 Å². The number of sulfonamides is 2. The maximum Gasteiger partial charge on any atom is 0.242 e. The summed E-state index contributed by atoms with van der Waals surface area (Å²) in [5.41, 5.74) is 0.735. The number of benzene rings is 2. The lowest BCUT2D eigenvalue weighted by atomic mass is 10.0. The average molecular weight is 540 g/mol. The molecule has 1 aliphatic rings. The zero-order valence-corrected chi connectivity index (χ0v) is 22.4. The molecule has 0 bridgehead atoms. The van der Waals surface area contributed by atoms with Gasteiger partial charge >= 0.3 is 0 Å². The molecule has 1 amide bonds. The number of amides is 1. The van der Waals surface area contributed by atoms with Crippen molar-refractivity contribution in [2.45, 2.75) is 37.3 Å². The Kier molecular flexibility index (Phi) is 8.65. The largest absolute Gasteiger partial charge is 0.488 e. The maximum absolute atomic E-state index is 13.2. The molecule has 12 heteroatoms. The van der Waals surface area contributed by atoms with E-state index in [4.69, 9.17) is 4.74 Å². The number of carbonyl (C=O) groups excluding carboxylic acids is 1. The molecular formula is C24H33N3O7S2. The molecule has 0 saturated carbocycles. The van der Waals surface area contributed by atoms with Crippen LogP contribution in [0.3, 0.4) is 0 Å². The van der Waals surface area contributed by atoms with Gasteiger partial charge in [-0.15, -0.1) is 0 Å². The molecule has 3 rings (SSSR count). The Bertz CT molecular complexity index is 1280. The molecule has 0 unspecified atom stereocenters. The van der Waals surface area contributed by atoms with E-state index in [1.807, 2.05) is 6.92 Å². The smallest absolute Gasteiger partial charge is 0.242 e. The first-order valence-corrected chi connectivity index (χ1v) is 14.8. The highest BCUT2D eigenvalue weighted by Gasteiger charge is 2.33. The monoisotopic (exact) mass is 539 g/mol. The lowest BCUT2D eigenvalue weighted by molar-refractivity contribution is -0.134. The van der Waals surface area contributed by atoms with Gasteiger partial charge in [0.15, 0.2) is 0 Å². The molecule has 0 aromatic heterocycles. The molecular weight excluding hydrogens is 506 g/mol. The summed E-state index contributed by atoms with van der Waals surface area (Å²) in [7, 11) is -5.85. The Morgan fingerprint density at radius 1 is 1.17 bits per heavy atom. The molecule has 2 aromatic carbocycles. The third-order valence-corrected chi connectivity index (χ3v) is 8.55. The van der Waals surface area contributed by atoms with Crippen molar-refractivity contribution in [1.29, 1.82) is 0 Å². The Morgan fingerprint density at radius 2 is 1.83 bits per heavy atom. The molecule has 1 aliphatic heterocycles. The average Bonchev–Trinajstić information content (AvgIpc) is 2.86. The number of rotatable bonds is 8. The zero-order valence-electron chi connectivity index (χ0n) is 20.8. The number of anilines is 1. The Labute approximate surface area is 213 Å². The minimum Gasteiger partial charge on any atom is -0.488 e. The minimum absolute atomic E-state index is 0.0106. The molecule has 0 radical (unpaired) electrons. The van der Waals surface area contributed by atoms with Gasteiger partial charge in [0.2, 0.25) is 26.0 Å². The highest BCUT2D eigenvalue weighted by Crippen LogP contribution is 2.30. The summed E-state index contributed by atoms with van der Waals surface area (Å²) in [6, 6.07) is 12.3. The Hall–Kier alpha value is -2.67. The van der Waals surface area contributed by atoms with Crippen molar-refractivity contribution >= 4 is 31.6 Å². The fraction of sp³-hybridized carbons (Fsp3) is 0.458. The molecule has 3 atom stereocenters. The number of nitrogens with zero attached hydrogens (tertiary/aromatic N) is 2. The second kappa shape index (κ2) is 11.2. The summed E-state index contributed by atoms with van der Waals surface area (Å²) in [6.45, 7) is 3.61. The molecule has 1 heterocycles. The van der Waals surface area contributed by atoms with Crippen LogP contribution < -0.4 is 9.46 Å². The predicted molar refractivity (Wildman–Crippen MR) is 137 cm³/mol. The van der Waals surface area contributed by atoms with E-state index < -0.39 is 32.2 Å². The van der Waals surface area contributed by atoms with E-state index in [1.54, 1.807) is 36.1 Å². The maximum atomic E-state index is 13.2. The number of ether oxygens (including phenoxy) is 1. The minimum atomic E-state index is -3.79. The van der Waals surface area contributed by atoms with E-state index >= 15 is 0 Å². The lowest BCUT2D eigenvalue weighted by Gasteiger charge is -2.33. The van der Waals surface area contributed by atoms with Crippen LogP contribution in [0.25, 0.3) is 0 Å². The Morgan fingerprint density at radius 3 is 2.44 bits per heavy atom. The molecule has 198 valence electrons. The summed E-state index contributed by atoms with van der Waals surface area (Å²) < 4.78 is 59.6. The predicted octanol–water partition coefficient (Wildman–Crippen LogP) is 1.53. The van der Waals surface area contributed by atoms with Gasteiger partial charge < -0.3 is 14.7 Å². The molecule has 0 spiro atoms. The van der Waals surface area contributed by atoms with Crippen LogP contribution in [0.15, 0.2) is 53.4 Å². The fourth-order valence-electron chi connectivity index (χ4n) is 4.05. The lowest BCUT2D eigenvalue weighted by Crippen LogP contribution is -2.48. The van der Waals surface area contributed by atoms with Crippen LogP contribution >= 0.6 is 0 Å². The van der Waals surface area contributed by atoms with E-state index in [1.165, 1.54) is 35.6 Å².